The summed E-state index contributed by atoms with van der Waals surface area (Å²) < 4.78 is 5.56. The fourth-order valence-corrected chi connectivity index (χ4v) is 3.46. The number of hydrogen-bond acceptors (Lipinski definition) is 3. The monoisotopic (exact) mass is 261 g/mol. The molecule has 0 spiro atoms. The van der Waals surface area contributed by atoms with Gasteiger partial charge in [0.15, 0.2) is 0 Å². The maximum absolute atomic E-state index is 12.1. The molecule has 3 rings (SSSR count). The molecule has 4 heteroatoms. The molecule has 1 amide bonds. The molecule has 1 aliphatic heterocycles. The zero-order chi connectivity index (χ0) is 13.8. The quantitative estimate of drug-likeness (QED) is 0.620. The van der Waals surface area contributed by atoms with E-state index in [1.807, 2.05) is 13.8 Å². The van der Waals surface area contributed by atoms with Crippen LogP contribution in [0.2, 0.25) is 0 Å². The van der Waals surface area contributed by atoms with Gasteiger partial charge in [-0.05, 0) is 33.1 Å². The van der Waals surface area contributed by atoms with E-state index in [0.717, 1.165) is 12.8 Å². The molecule has 0 aromatic carbocycles. The van der Waals surface area contributed by atoms with E-state index >= 15 is 0 Å². The Bertz CT molecular complexity index is 526. The third kappa shape index (κ3) is 1.52. The molecule has 2 aliphatic carbocycles. The lowest BCUT2D eigenvalue weighted by molar-refractivity contribution is -0.233. The summed E-state index contributed by atoms with van der Waals surface area (Å²) in [6.45, 7) is 4.01. The molecule has 1 saturated carbocycles. The molecule has 3 aliphatic rings. The van der Waals surface area contributed by atoms with Crippen LogP contribution >= 0.6 is 0 Å². The highest BCUT2D eigenvalue weighted by atomic mass is 16.6. The number of primary amides is 1. The predicted octanol–water partition coefficient (Wildman–Crippen LogP) is 1.85. The van der Waals surface area contributed by atoms with E-state index in [9.17, 15) is 9.59 Å². The Morgan fingerprint density at radius 1 is 1.53 bits per heavy atom. The van der Waals surface area contributed by atoms with Gasteiger partial charge in [-0.1, -0.05) is 17.7 Å². The van der Waals surface area contributed by atoms with Crippen LogP contribution in [0.4, 0.5) is 0 Å². The normalized spacial score (nSPS) is 35.9. The molecule has 2 N–H and O–H groups in total. The summed E-state index contributed by atoms with van der Waals surface area (Å²) in [7, 11) is 0. The average Bonchev–Trinajstić information content (AvgIpc) is 3.11. The predicted molar refractivity (Wildman–Crippen MR) is 69.9 cm³/mol. The van der Waals surface area contributed by atoms with Crippen LogP contribution in [0.5, 0.6) is 0 Å². The van der Waals surface area contributed by atoms with Crippen molar-refractivity contribution < 1.29 is 14.3 Å². The second-order valence-electron chi connectivity index (χ2n) is 6.22. The van der Waals surface area contributed by atoms with Crippen molar-refractivity contribution in [3.05, 3.63) is 23.3 Å². The third-order valence-corrected chi connectivity index (χ3v) is 4.65. The Kier molecular flexibility index (Phi) is 2.43. The highest BCUT2D eigenvalue weighted by molar-refractivity contribution is 5.98. The van der Waals surface area contributed by atoms with Gasteiger partial charge in [-0.2, -0.15) is 0 Å². The molecule has 19 heavy (non-hydrogen) atoms. The Morgan fingerprint density at radius 2 is 2.21 bits per heavy atom. The summed E-state index contributed by atoms with van der Waals surface area (Å²) in [5.74, 6) is -0.237. The van der Waals surface area contributed by atoms with Crippen LogP contribution < -0.4 is 5.73 Å². The first kappa shape index (κ1) is 12.5. The van der Waals surface area contributed by atoms with Crippen molar-refractivity contribution in [2.45, 2.75) is 45.1 Å². The maximum Gasteiger partial charge on any atom is 0.321 e. The van der Waals surface area contributed by atoms with E-state index in [-0.39, 0.29) is 5.97 Å². The van der Waals surface area contributed by atoms with Gasteiger partial charge in [0, 0.05) is 17.9 Å². The third-order valence-electron chi connectivity index (χ3n) is 4.65. The molecule has 4 nitrogen and oxygen atoms in total. The van der Waals surface area contributed by atoms with E-state index in [1.54, 1.807) is 6.08 Å². The molecule has 1 saturated heterocycles. The molecular formula is C15H19NO3. The smallest absolute Gasteiger partial charge is 0.321 e. The molecule has 0 aromatic rings. The maximum atomic E-state index is 12.1. The minimum Gasteiger partial charge on any atom is -0.456 e. The highest BCUT2D eigenvalue weighted by Crippen LogP contribution is 2.66. The molecule has 0 radical (unpaired) electrons. The van der Waals surface area contributed by atoms with Crippen molar-refractivity contribution >= 4 is 11.9 Å². The molecule has 0 bridgehead atoms. The van der Waals surface area contributed by atoms with E-state index in [2.05, 4.69) is 6.08 Å². The topological polar surface area (TPSA) is 69.4 Å². The van der Waals surface area contributed by atoms with E-state index in [4.69, 9.17) is 10.5 Å². The summed E-state index contributed by atoms with van der Waals surface area (Å²) >= 11 is 0. The summed E-state index contributed by atoms with van der Waals surface area (Å²) in [6.07, 6.45) is 7.10. The number of amides is 1. The molecule has 2 fully saturated rings. The number of rotatable bonds is 4. The second kappa shape index (κ2) is 3.71. The van der Waals surface area contributed by atoms with Gasteiger partial charge < -0.3 is 10.5 Å². The summed E-state index contributed by atoms with van der Waals surface area (Å²) in [4.78, 5) is 23.6. The van der Waals surface area contributed by atoms with Crippen LogP contribution in [0.25, 0.3) is 0 Å². The van der Waals surface area contributed by atoms with Gasteiger partial charge in [-0.25, -0.2) is 0 Å². The van der Waals surface area contributed by atoms with Gasteiger partial charge in [0.25, 0.3) is 0 Å². The number of esters is 1. The van der Waals surface area contributed by atoms with Crippen molar-refractivity contribution in [2.75, 3.05) is 0 Å². The van der Waals surface area contributed by atoms with Gasteiger partial charge in [-0.15, -0.1) is 0 Å². The number of ether oxygens (including phenoxy) is 1. The lowest BCUT2D eigenvalue weighted by Gasteiger charge is -2.52. The summed E-state index contributed by atoms with van der Waals surface area (Å²) in [5, 5.41) is 0. The fraction of sp³-hybridized carbons (Fsp3) is 0.600. The van der Waals surface area contributed by atoms with Crippen LogP contribution in [0.3, 0.4) is 0 Å². The number of carbonyl (C=O) groups is 2. The van der Waals surface area contributed by atoms with Crippen LogP contribution in [0, 0.1) is 11.3 Å². The number of carbonyl (C=O) groups excluding carboxylic acids is 2. The Balaban J connectivity index is 2.01. The van der Waals surface area contributed by atoms with Gasteiger partial charge >= 0.3 is 5.97 Å². The number of fused-ring (bicyclic) bond motifs is 1. The van der Waals surface area contributed by atoms with Crippen molar-refractivity contribution in [2.24, 2.45) is 17.1 Å². The van der Waals surface area contributed by atoms with Crippen LogP contribution in [0.1, 0.15) is 39.5 Å². The fourth-order valence-electron chi connectivity index (χ4n) is 3.46. The van der Waals surface area contributed by atoms with Crippen LogP contribution in [0.15, 0.2) is 23.3 Å². The average molecular weight is 261 g/mol. The number of hydrogen-bond donors (Lipinski definition) is 1. The Labute approximate surface area is 112 Å². The lowest BCUT2D eigenvalue weighted by Crippen LogP contribution is -2.65. The first-order valence-electron chi connectivity index (χ1n) is 6.80. The second-order valence-corrected chi connectivity index (χ2v) is 6.22. The zero-order valence-electron chi connectivity index (χ0n) is 11.4. The standard InChI is InChI=1S/C15H19NO3/c1-9(2)5-6-14-7-10(12(16)17)8-15(14,11-3-4-11)19-13(14)18/h5,7,11H,3-4,6,8H2,1-2H3,(H2,16,17)/t14-,15+/m0/s1. The van der Waals surface area contributed by atoms with Crippen molar-refractivity contribution in [1.29, 1.82) is 0 Å². The summed E-state index contributed by atoms with van der Waals surface area (Å²) in [5.41, 5.74) is 5.99. The summed E-state index contributed by atoms with van der Waals surface area (Å²) in [6, 6.07) is 0. The Morgan fingerprint density at radius 3 is 2.68 bits per heavy atom. The zero-order valence-corrected chi connectivity index (χ0v) is 11.4. The minimum atomic E-state index is -0.643. The molecular weight excluding hydrogens is 242 g/mol. The van der Waals surface area contributed by atoms with Gasteiger partial charge in [0.05, 0.1) is 0 Å². The number of nitrogens with two attached hydrogens (primary N) is 1. The van der Waals surface area contributed by atoms with E-state index in [0.29, 0.717) is 24.3 Å². The molecule has 0 unspecified atom stereocenters. The van der Waals surface area contributed by atoms with Crippen molar-refractivity contribution in [3.8, 4) is 0 Å². The van der Waals surface area contributed by atoms with Crippen molar-refractivity contribution in [3.63, 3.8) is 0 Å². The molecule has 102 valence electrons. The van der Waals surface area contributed by atoms with Gasteiger partial charge in [0.2, 0.25) is 5.91 Å². The minimum absolute atomic E-state index is 0.201. The molecule has 1 heterocycles. The number of allylic oxidation sites excluding steroid dienone is 2. The lowest BCUT2D eigenvalue weighted by atomic mass is 9.64. The van der Waals surface area contributed by atoms with Gasteiger partial charge in [0.1, 0.15) is 11.0 Å². The SMILES string of the molecule is CC(C)=CC[C@@]12C=C(C(N)=O)C[C@]1(C1CC1)OC2=O. The van der Waals surface area contributed by atoms with E-state index < -0.39 is 16.9 Å². The van der Waals surface area contributed by atoms with Gasteiger partial charge in [-0.3, -0.25) is 9.59 Å². The molecule has 0 aromatic heterocycles. The van der Waals surface area contributed by atoms with Crippen LogP contribution in [-0.4, -0.2) is 17.5 Å². The first-order valence-corrected chi connectivity index (χ1v) is 6.80. The largest absolute Gasteiger partial charge is 0.456 e. The molecule has 2 atom stereocenters. The van der Waals surface area contributed by atoms with E-state index in [1.165, 1.54) is 5.57 Å². The first-order chi connectivity index (χ1) is 8.91. The van der Waals surface area contributed by atoms with Crippen molar-refractivity contribution in [1.82, 2.24) is 0 Å². The van der Waals surface area contributed by atoms with Crippen LogP contribution in [-0.2, 0) is 14.3 Å². The Hall–Kier alpha value is -1.58. The highest BCUT2D eigenvalue weighted by Gasteiger charge is 2.75.